The molecule has 0 atom stereocenters. The minimum Gasteiger partial charge on any atom is -0.294 e. The predicted octanol–water partition coefficient (Wildman–Crippen LogP) is 3.21. The summed E-state index contributed by atoms with van der Waals surface area (Å²) in [6.07, 6.45) is -0.590. The van der Waals surface area contributed by atoms with E-state index in [4.69, 9.17) is 0 Å². The molecule has 29 heavy (non-hydrogen) atoms. The highest BCUT2D eigenvalue weighted by atomic mass is 16.2. The molecule has 0 saturated carbocycles. The van der Waals surface area contributed by atoms with E-state index in [-0.39, 0.29) is 0 Å². The van der Waals surface area contributed by atoms with Gasteiger partial charge < -0.3 is 0 Å². The zero-order valence-electron chi connectivity index (χ0n) is 15.4. The van der Waals surface area contributed by atoms with Crippen LogP contribution in [0.3, 0.4) is 0 Å². The third kappa shape index (κ3) is 5.01. The minimum absolute atomic E-state index is 0.308. The van der Waals surface area contributed by atoms with E-state index in [9.17, 15) is 19.2 Å². The van der Waals surface area contributed by atoms with E-state index in [1.807, 2.05) is 0 Å². The molecular weight excluding hydrogens is 368 g/mol. The topological polar surface area (TPSA) is 83.6 Å². The van der Waals surface area contributed by atoms with Crippen LogP contribution in [0.4, 0.5) is 5.69 Å². The summed E-state index contributed by atoms with van der Waals surface area (Å²) in [4.78, 5) is 50.1. The lowest BCUT2D eigenvalue weighted by molar-refractivity contribution is -0.136. The molecule has 6 heteroatoms. The van der Waals surface area contributed by atoms with Crippen LogP contribution in [0.5, 0.6) is 0 Å². The number of nitrogens with zero attached hydrogens (tertiary/aromatic N) is 1. The quantitative estimate of drug-likeness (QED) is 0.305. The van der Waals surface area contributed by atoms with Crippen LogP contribution in [0.25, 0.3) is 0 Å². The second kappa shape index (κ2) is 9.23. The van der Waals surface area contributed by atoms with Gasteiger partial charge >= 0.3 is 5.91 Å². The summed E-state index contributed by atoms with van der Waals surface area (Å²) in [6.45, 7) is 0. The van der Waals surface area contributed by atoms with Crippen molar-refractivity contribution in [2.24, 2.45) is 0 Å². The predicted molar refractivity (Wildman–Crippen MR) is 108 cm³/mol. The SMILES string of the molecule is O=C(CC(=O)c1ccccc1)C(=O)N(NC(=O)c1ccccc1)c1ccccc1. The Balaban J connectivity index is 1.80. The van der Waals surface area contributed by atoms with Gasteiger partial charge in [0.15, 0.2) is 5.78 Å². The van der Waals surface area contributed by atoms with Gasteiger partial charge in [0.1, 0.15) is 0 Å². The third-order valence-electron chi connectivity index (χ3n) is 4.12. The molecule has 0 aliphatic heterocycles. The van der Waals surface area contributed by atoms with Crippen LogP contribution in [0.1, 0.15) is 27.1 Å². The van der Waals surface area contributed by atoms with E-state index in [1.54, 1.807) is 91.0 Å². The Kier molecular flexibility index (Phi) is 6.27. The van der Waals surface area contributed by atoms with Crippen LogP contribution < -0.4 is 10.4 Å². The zero-order chi connectivity index (χ0) is 20.6. The first-order valence-electron chi connectivity index (χ1n) is 8.93. The number of carbonyl (C=O) groups excluding carboxylic acids is 4. The highest BCUT2D eigenvalue weighted by Gasteiger charge is 2.27. The number of Topliss-reactive ketones (excluding diaryl/α,β-unsaturated/α-hetero) is 2. The van der Waals surface area contributed by atoms with E-state index in [1.165, 1.54) is 0 Å². The van der Waals surface area contributed by atoms with Crippen LogP contribution in [-0.2, 0) is 9.59 Å². The molecule has 0 unspecified atom stereocenters. The van der Waals surface area contributed by atoms with Crippen molar-refractivity contribution >= 4 is 29.1 Å². The highest BCUT2D eigenvalue weighted by molar-refractivity contribution is 6.44. The molecule has 2 amide bonds. The average Bonchev–Trinajstić information content (AvgIpc) is 2.78. The first-order valence-corrected chi connectivity index (χ1v) is 8.93. The van der Waals surface area contributed by atoms with Gasteiger partial charge in [-0.05, 0) is 24.3 Å². The second-order valence-electron chi connectivity index (χ2n) is 6.17. The van der Waals surface area contributed by atoms with Crippen molar-refractivity contribution in [3.8, 4) is 0 Å². The van der Waals surface area contributed by atoms with E-state index in [0.29, 0.717) is 16.8 Å². The molecule has 0 heterocycles. The maximum atomic E-state index is 12.8. The fourth-order valence-electron chi connectivity index (χ4n) is 2.64. The number of ketones is 2. The van der Waals surface area contributed by atoms with Gasteiger partial charge in [-0.25, -0.2) is 5.01 Å². The molecule has 6 nitrogen and oxygen atoms in total. The Morgan fingerprint density at radius 1 is 0.655 bits per heavy atom. The van der Waals surface area contributed by atoms with Gasteiger partial charge in [0, 0.05) is 11.1 Å². The fraction of sp³-hybridized carbons (Fsp3) is 0.0435. The van der Waals surface area contributed by atoms with Crippen molar-refractivity contribution in [1.82, 2.24) is 5.43 Å². The van der Waals surface area contributed by atoms with Crippen LogP contribution in [0.15, 0.2) is 91.0 Å². The van der Waals surface area contributed by atoms with E-state index in [2.05, 4.69) is 5.43 Å². The molecule has 0 radical (unpaired) electrons. The van der Waals surface area contributed by atoms with Crippen molar-refractivity contribution in [2.75, 3.05) is 5.01 Å². The number of amides is 2. The number of benzene rings is 3. The molecule has 3 aromatic rings. The first kappa shape index (κ1) is 19.7. The summed E-state index contributed by atoms with van der Waals surface area (Å²) < 4.78 is 0. The second-order valence-corrected chi connectivity index (χ2v) is 6.17. The molecule has 0 fully saturated rings. The summed E-state index contributed by atoms with van der Waals surface area (Å²) in [6, 6.07) is 24.8. The zero-order valence-corrected chi connectivity index (χ0v) is 15.4. The number of hydrogen-bond donors (Lipinski definition) is 1. The van der Waals surface area contributed by atoms with E-state index < -0.39 is 29.8 Å². The summed E-state index contributed by atoms with van der Waals surface area (Å²) in [7, 11) is 0. The van der Waals surface area contributed by atoms with Gasteiger partial charge in [-0.15, -0.1) is 0 Å². The Bertz CT molecular complexity index is 1020. The standard InChI is InChI=1S/C23H18N2O4/c26-20(17-10-4-1-5-11-17)16-21(27)23(29)25(19-14-8-3-9-15-19)24-22(28)18-12-6-2-7-13-18/h1-15H,16H2,(H,24,28). The fourth-order valence-corrected chi connectivity index (χ4v) is 2.64. The lowest BCUT2D eigenvalue weighted by Gasteiger charge is -2.22. The van der Waals surface area contributed by atoms with Gasteiger partial charge in [-0.2, -0.15) is 0 Å². The first-order chi connectivity index (χ1) is 14.1. The third-order valence-corrected chi connectivity index (χ3v) is 4.12. The minimum atomic E-state index is -0.996. The molecule has 3 aromatic carbocycles. The Morgan fingerprint density at radius 3 is 1.69 bits per heavy atom. The van der Waals surface area contributed by atoms with Gasteiger partial charge in [0.05, 0.1) is 12.1 Å². The normalized spacial score (nSPS) is 10.1. The van der Waals surface area contributed by atoms with Crippen LogP contribution in [-0.4, -0.2) is 23.4 Å². The molecule has 0 aliphatic rings. The van der Waals surface area contributed by atoms with Crippen molar-refractivity contribution in [3.05, 3.63) is 102 Å². The number of hydrazine groups is 1. The van der Waals surface area contributed by atoms with E-state index >= 15 is 0 Å². The summed E-state index contributed by atoms with van der Waals surface area (Å²) in [5.41, 5.74) is 3.43. The Morgan fingerprint density at radius 2 is 1.14 bits per heavy atom. The molecule has 0 spiro atoms. The van der Waals surface area contributed by atoms with Gasteiger partial charge in [-0.1, -0.05) is 66.7 Å². The molecule has 0 aromatic heterocycles. The smallest absolute Gasteiger partial charge is 0.294 e. The maximum absolute atomic E-state index is 12.8. The lowest BCUT2D eigenvalue weighted by atomic mass is 10.1. The number of rotatable bonds is 6. The Labute approximate surface area is 167 Å². The summed E-state index contributed by atoms with van der Waals surface area (Å²) in [5.74, 6) is -2.93. The summed E-state index contributed by atoms with van der Waals surface area (Å²) in [5, 5.41) is 0.871. The molecule has 0 aliphatic carbocycles. The maximum Gasteiger partial charge on any atom is 0.313 e. The highest BCUT2D eigenvalue weighted by Crippen LogP contribution is 2.14. The van der Waals surface area contributed by atoms with Crippen molar-refractivity contribution in [1.29, 1.82) is 0 Å². The van der Waals surface area contributed by atoms with Crippen molar-refractivity contribution < 1.29 is 19.2 Å². The summed E-state index contributed by atoms with van der Waals surface area (Å²) >= 11 is 0. The molecule has 0 saturated heterocycles. The monoisotopic (exact) mass is 386 g/mol. The lowest BCUT2D eigenvalue weighted by Crippen LogP contribution is -2.49. The average molecular weight is 386 g/mol. The van der Waals surface area contributed by atoms with Crippen molar-refractivity contribution in [3.63, 3.8) is 0 Å². The largest absolute Gasteiger partial charge is 0.313 e. The number of para-hydroxylation sites is 1. The van der Waals surface area contributed by atoms with Crippen LogP contribution in [0, 0.1) is 0 Å². The van der Waals surface area contributed by atoms with Crippen LogP contribution >= 0.6 is 0 Å². The Hall–Kier alpha value is -4.06. The van der Waals surface area contributed by atoms with Crippen LogP contribution in [0.2, 0.25) is 0 Å². The van der Waals surface area contributed by atoms with Crippen molar-refractivity contribution in [2.45, 2.75) is 6.42 Å². The molecule has 3 rings (SSSR count). The van der Waals surface area contributed by atoms with Gasteiger partial charge in [0.25, 0.3) is 5.91 Å². The molecule has 0 bridgehead atoms. The molecule has 144 valence electrons. The number of hydrogen-bond acceptors (Lipinski definition) is 4. The van der Waals surface area contributed by atoms with E-state index in [0.717, 1.165) is 5.01 Å². The number of nitrogens with one attached hydrogen (secondary N) is 1. The molecule has 1 N–H and O–H groups in total. The number of carbonyl (C=O) groups is 4. The molecular formula is C23H18N2O4. The van der Waals surface area contributed by atoms with Gasteiger partial charge in [-0.3, -0.25) is 24.6 Å². The number of anilines is 1. The van der Waals surface area contributed by atoms with Gasteiger partial charge in [0.2, 0.25) is 5.78 Å².